The second-order valence-corrected chi connectivity index (χ2v) is 8.53. The summed E-state index contributed by atoms with van der Waals surface area (Å²) in [5.74, 6) is 1.05. The summed E-state index contributed by atoms with van der Waals surface area (Å²) in [7, 11) is -4.21. The van der Waals surface area contributed by atoms with Crippen LogP contribution in [0.3, 0.4) is 0 Å². The van der Waals surface area contributed by atoms with E-state index in [4.69, 9.17) is 0 Å². The Kier molecular flexibility index (Phi) is 4.80. The van der Waals surface area contributed by atoms with Gasteiger partial charge < -0.3 is 0 Å². The van der Waals surface area contributed by atoms with Crippen molar-refractivity contribution >= 4 is 21.9 Å². The third-order valence-electron chi connectivity index (χ3n) is 4.39. The number of thioether (sulfide) groups is 1. The molecule has 0 aliphatic carbocycles. The van der Waals surface area contributed by atoms with Crippen molar-refractivity contribution in [2.75, 3.05) is 5.75 Å². The largest absolute Gasteiger partial charge is 0.294 e. The predicted octanol–water partition coefficient (Wildman–Crippen LogP) is 4.46. The molecule has 0 fully saturated rings. The summed E-state index contributed by atoms with van der Waals surface area (Å²) >= 11 is 1.87. The van der Waals surface area contributed by atoms with Crippen molar-refractivity contribution in [3.05, 3.63) is 65.2 Å². The van der Waals surface area contributed by atoms with Gasteiger partial charge in [-0.2, -0.15) is 20.2 Å². The Balaban J connectivity index is 2.06. The van der Waals surface area contributed by atoms with Crippen LogP contribution in [0, 0.1) is 0 Å². The molecule has 1 aliphatic rings. The van der Waals surface area contributed by atoms with E-state index in [-0.39, 0.29) is 16.1 Å². The Morgan fingerprint density at radius 1 is 1.13 bits per heavy atom. The van der Waals surface area contributed by atoms with Gasteiger partial charge in [-0.05, 0) is 47.3 Å². The third kappa shape index (κ3) is 3.47. The quantitative estimate of drug-likeness (QED) is 0.832. The van der Waals surface area contributed by atoms with Crippen LogP contribution in [-0.2, 0) is 16.5 Å². The fraction of sp³-hybridized carbons (Fsp3) is 0.333. The SMILES string of the molecule is CC(c1ccccc1S(=O)(=O)O)C1SCCCc2ccccc21. The number of rotatable bonds is 3. The first-order valence-electron chi connectivity index (χ1n) is 7.74. The molecule has 3 nitrogen and oxygen atoms in total. The number of fused-ring (bicyclic) bond motifs is 1. The first-order chi connectivity index (χ1) is 11.0. The molecule has 0 saturated heterocycles. The van der Waals surface area contributed by atoms with E-state index in [1.165, 1.54) is 17.2 Å². The molecular formula is C18H20O3S2. The van der Waals surface area contributed by atoms with Gasteiger partial charge in [-0.3, -0.25) is 4.55 Å². The number of hydrogen-bond donors (Lipinski definition) is 1. The van der Waals surface area contributed by atoms with Crippen molar-refractivity contribution in [1.82, 2.24) is 0 Å². The maximum Gasteiger partial charge on any atom is 0.294 e. The molecule has 2 aromatic carbocycles. The highest BCUT2D eigenvalue weighted by Crippen LogP contribution is 2.46. The van der Waals surface area contributed by atoms with Crippen molar-refractivity contribution in [1.29, 1.82) is 0 Å². The second-order valence-electron chi connectivity index (χ2n) is 5.90. The van der Waals surface area contributed by atoms with Gasteiger partial charge in [-0.25, -0.2) is 0 Å². The third-order valence-corrected chi connectivity index (χ3v) is 6.86. The van der Waals surface area contributed by atoms with E-state index in [0.29, 0.717) is 5.56 Å². The smallest absolute Gasteiger partial charge is 0.282 e. The van der Waals surface area contributed by atoms with Crippen LogP contribution >= 0.6 is 11.8 Å². The van der Waals surface area contributed by atoms with Gasteiger partial charge >= 0.3 is 0 Å². The maximum atomic E-state index is 11.7. The van der Waals surface area contributed by atoms with Crippen molar-refractivity contribution in [2.45, 2.75) is 35.8 Å². The normalized spacial score (nSPS) is 19.7. The average Bonchev–Trinajstić information content (AvgIpc) is 2.76. The highest BCUT2D eigenvalue weighted by atomic mass is 32.2. The molecule has 23 heavy (non-hydrogen) atoms. The summed E-state index contributed by atoms with van der Waals surface area (Å²) in [5.41, 5.74) is 3.32. The van der Waals surface area contributed by atoms with Gasteiger partial charge in [0.2, 0.25) is 0 Å². The molecule has 0 saturated carbocycles. The highest BCUT2D eigenvalue weighted by molar-refractivity contribution is 7.99. The summed E-state index contributed by atoms with van der Waals surface area (Å²) < 4.78 is 32.9. The molecule has 3 rings (SSSR count). The molecule has 1 N–H and O–H groups in total. The van der Waals surface area contributed by atoms with Gasteiger partial charge in [-0.15, -0.1) is 0 Å². The van der Waals surface area contributed by atoms with Crippen LogP contribution in [0.5, 0.6) is 0 Å². The first-order valence-corrected chi connectivity index (χ1v) is 10.2. The van der Waals surface area contributed by atoms with Crippen LogP contribution in [0.4, 0.5) is 0 Å². The van der Waals surface area contributed by atoms with Crippen LogP contribution < -0.4 is 0 Å². The topological polar surface area (TPSA) is 54.4 Å². The number of hydrogen-bond acceptors (Lipinski definition) is 3. The molecule has 2 atom stereocenters. The zero-order valence-electron chi connectivity index (χ0n) is 13.0. The molecule has 0 amide bonds. The first kappa shape index (κ1) is 16.6. The second kappa shape index (κ2) is 6.67. The van der Waals surface area contributed by atoms with E-state index in [0.717, 1.165) is 18.6 Å². The predicted molar refractivity (Wildman–Crippen MR) is 94.6 cm³/mol. The Morgan fingerprint density at radius 2 is 1.83 bits per heavy atom. The average molecular weight is 348 g/mol. The molecule has 0 bridgehead atoms. The molecule has 0 spiro atoms. The monoisotopic (exact) mass is 348 g/mol. The molecule has 5 heteroatoms. The molecule has 0 radical (unpaired) electrons. The van der Waals surface area contributed by atoms with E-state index < -0.39 is 10.1 Å². The van der Waals surface area contributed by atoms with Crippen LogP contribution in [0.15, 0.2) is 53.4 Å². The minimum atomic E-state index is -4.21. The fourth-order valence-corrected chi connectivity index (χ4v) is 5.48. The lowest BCUT2D eigenvalue weighted by molar-refractivity contribution is 0.481. The zero-order chi connectivity index (χ0) is 16.4. The summed E-state index contributed by atoms with van der Waals surface area (Å²) in [4.78, 5) is 0.0230. The van der Waals surface area contributed by atoms with Gasteiger partial charge in [0.05, 0.1) is 4.90 Å². The minimum absolute atomic E-state index is 0.00243. The summed E-state index contributed by atoms with van der Waals surface area (Å²) in [6.45, 7) is 2.05. The highest BCUT2D eigenvalue weighted by Gasteiger charge is 2.29. The van der Waals surface area contributed by atoms with Gasteiger partial charge in [0.15, 0.2) is 0 Å². The maximum absolute atomic E-state index is 11.7. The van der Waals surface area contributed by atoms with Crippen LogP contribution in [0.1, 0.15) is 41.2 Å². The molecule has 0 aromatic heterocycles. The van der Waals surface area contributed by atoms with Gasteiger partial charge in [0.25, 0.3) is 10.1 Å². The minimum Gasteiger partial charge on any atom is -0.282 e. The van der Waals surface area contributed by atoms with E-state index in [1.54, 1.807) is 6.07 Å². The van der Waals surface area contributed by atoms with Gasteiger partial charge in [0, 0.05) is 5.25 Å². The molecule has 122 valence electrons. The number of aryl methyl sites for hydroxylation is 1. The lowest BCUT2D eigenvalue weighted by atomic mass is 9.90. The summed E-state index contributed by atoms with van der Waals surface area (Å²) in [5, 5.41) is 0.191. The molecule has 2 unspecified atom stereocenters. The molecule has 1 aliphatic heterocycles. The lowest BCUT2D eigenvalue weighted by Crippen LogP contribution is -2.11. The standard InChI is InChI=1S/C18H20O3S2/c1-13(15-9-4-5-11-17(15)23(19,20)21)18-16-10-3-2-7-14(16)8-6-12-22-18/h2-5,7,9-11,13,18H,6,8,12H2,1H3,(H,19,20,21). The molecule has 1 heterocycles. The Hall–Kier alpha value is -1.30. The van der Waals surface area contributed by atoms with Crippen molar-refractivity contribution in [2.24, 2.45) is 0 Å². The van der Waals surface area contributed by atoms with E-state index in [9.17, 15) is 13.0 Å². The summed E-state index contributed by atoms with van der Waals surface area (Å²) in [6.07, 6.45) is 2.19. The van der Waals surface area contributed by atoms with Gasteiger partial charge in [0.1, 0.15) is 0 Å². The van der Waals surface area contributed by atoms with Crippen molar-refractivity contribution in [3.8, 4) is 0 Å². The van der Waals surface area contributed by atoms with Crippen LogP contribution in [0.25, 0.3) is 0 Å². The van der Waals surface area contributed by atoms with Crippen molar-refractivity contribution in [3.63, 3.8) is 0 Å². The molecule has 2 aromatic rings. The van der Waals surface area contributed by atoms with E-state index in [1.807, 2.05) is 36.9 Å². The van der Waals surface area contributed by atoms with Crippen LogP contribution in [0.2, 0.25) is 0 Å². The van der Waals surface area contributed by atoms with E-state index in [2.05, 4.69) is 18.2 Å². The fourth-order valence-electron chi connectivity index (χ4n) is 3.27. The zero-order valence-corrected chi connectivity index (χ0v) is 14.6. The van der Waals surface area contributed by atoms with Crippen molar-refractivity contribution < 1.29 is 13.0 Å². The summed E-state index contributed by atoms with van der Waals surface area (Å²) in [6, 6.07) is 15.2. The Bertz CT molecular complexity index is 799. The van der Waals surface area contributed by atoms with Gasteiger partial charge in [-0.1, -0.05) is 49.4 Å². The number of benzene rings is 2. The van der Waals surface area contributed by atoms with Crippen LogP contribution in [-0.4, -0.2) is 18.7 Å². The lowest BCUT2D eigenvalue weighted by Gasteiger charge is -2.25. The molecular weight excluding hydrogens is 328 g/mol. The Labute approximate surface area is 141 Å². The Morgan fingerprint density at radius 3 is 2.61 bits per heavy atom. The van der Waals surface area contributed by atoms with E-state index >= 15 is 0 Å².